The molecule has 1 aliphatic rings. The van der Waals surface area contributed by atoms with Crippen molar-refractivity contribution in [3.8, 4) is 0 Å². The van der Waals surface area contributed by atoms with Crippen LogP contribution >= 0.6 is 11.6 Å². The Balaban J connectivity index is 2.21. The van der Waals surface area contributed by atoms with Crippen molar-refractivity contribution >= 4 is 23.5 Å². The van der Waals surface area contributed by atoms with Crippen LogP contribution in [0, 0.1) is 0 Å². The molecule has 1 amide bonds. The minimum atomic E-state index is -1.04. The minimum Gasteiger partial charge on any atom is -0.479 e. The molecule has 0 aromatic heterocycles. The molecule has 4 nitrogen and oxygen atoms in total. The zero-order valence-electron chi connectivity index (χ0n) is 11.4. The molecule has 0 bridgehead atoms. The van der Waals surface area contributed by atoms with Crippen molar-refractivity contribution in [2.24, 2.45) is 0 Å². The van der Waals surface area contributed by atoms with Crippen LogP contribution in [0.2, 0.25) is 5.02 Å². The van der Waals surface area contributed by atoms with Gasteiger partial charge < -0.3 is 10.0 Å². The quantitative estimate of drug-likeness (QED) is 0.929. The van der Waals surface area contributed by atoms with Gasteiger partial charge in [0, 0.05) is 11.6 Å². The van der Waals surface area contributed by atoms with Crippen molar-refractivity contribution in [2.45, 2.75) is 38.1 Å². The van der Waals surface area contributed by atoms with Gasteiger partial charge in [-0.25, -0.2) is 4.79 Å². The van der Waals surface area contributed by atoms with Gasteiger partial charge in [0.2, 0.25) is 5.91 Å². The highest BCUT2D eigenvalue weighted by Crippen LogP contribution is 2.33. The molecule has 0 radical (unpaired) electrons. The Morgan fingerprint density at radius 1 is 1.40 bits per heavy atom. The van der Waals surface area contributed by atoms with E-state index in [0.29, 0.717) is 24.4 Å². The lowest BCUT2D eigenvalue weighted by atomic mass is 9.92. The Bertz CT molecular complexity index is 532. The molecule has 1 aliphatic heterocycles. The lowest BCUT2D eigenvalue weighted by molar-refractivity contribution is -0.156. The van der Waals surface area contributed by atoms with E-state index in [0.717, 1.165) is 12.0 Å². The first-order chi connectivity index (χ1) is 9.51. The molecule has 1 fully saturated rings. The maximum atomic E-state index is 12.4. The van der Waals surface area contributed by atoms with Gasteiger partial charge in [-0.3, -0.25) is 4.79 Å². The van der Waals surface area contributed by atoms with E-state index in [4.69, 9.17) is 11.6 Å². The molecule has 1 heterocycles. The second-order valence-electron chi connectivity index (χ2n) is 5.11. The Hall–Kier alpha value is -1.55. The number of carboxylic acids is 1. The average Bonchev–Trinajstić information content (AvgIpc) is 2.86. The van der Waals surface area contributed by atoms with Crippen molar-refractivity contribution in [1.82, 2.24) is 4.90 Å². The third kappa shape index (κ3) is 2.52. The van der Waals surface area contributed by atoms with Gasteiger partial charge in [-0.05, 0) is 30.9 Å². The molecule has 1 unspecified atom stereocenters. The summed E-state index contributed by atoms with van der Waals surface area (Å²) in [7, 11) is 0. The molecule has 5 heteroatoms. The summed E-state index contributed by atoms with van der Waals surface area (Å²) in [4.78, 5) is 25.5. The Kier molecular flexibility index (Phi) is 4.33. The van der Waals surface area contributed by atoms with E-state index < -0.39 is 11.5 Å². The van der Waals surface area contributed by atoms with E-state index in [9.17, 15) is 14.7 Å². The second kappa shape index (κ2) is 5.83. The molecule has 108 valence electrons. The number of aliphatic carboxylic acids is 1. The van der Waals surface area contributed by atoms with E-state index in [1.54, 1.807) is 18.2 Å². The maximum absolute atomic E-state index is 12.4. The topological polar surface area (TPSA) is 57.6 Å². The number of hydrogen-bond acceptors (Lipinski definition) is 2. The molecule has 0 saturated carbocycles. The molecule has 0 aliphatic carbocycles. The number of benzene rings is 1. The van der Waals surface area contributed by atoms with Gasteiger partial charge in [0.25, 0.3) is 0 Å². The fourth-order valence-corrected chi connectivity index (χ4v) is 3.09. The number of rotatable bonds is 4. The molecular weight excluding hydrogens is 278 g/mol. The molecule has 20 heavy (non-hydrogen) atoms. The lowest BCUT2D eigenvalue weighted by Crippen LogP contribution is -2.53. The predicted molar refractivity (Wildman–Crippen MR) is 76.8 cm³/mol. The van der Waals surface area contributed by atoms with Crippen molar-refractivity contribution < 1.29 is 14.7 Å². The highest BCUT2D eigenvalue weighted by molar-refractivity contribution is 6.31. The highest BCUT2D eigenvalue weighted by atomic mass is 35.5. The van der Waals surface area contributed by atoms with Crippen molar-refractivity contribution in [3.63, 3.8) is 0 Å². The maximum Gasteiger partial charge on any atom is 0.329 e. The smallest absolute Gasteiger partial charge is 0.329 e. The largest absolute Gasteiger partial charge is 0.479 e. The van der Waals surface area contributed by atoms with Gasteiger partial charge in [0.05, 0.1) is 6.42 Å². The summed E-state index contributed by atoms with van der Waals surface area (Å²) >= 11 is 6.06. The van der Waals surface area contributed by atoms with Crippen LogP contribution in [0.3, 0.4) is 0 Å². The Morgan fingerprint density at radius 2 is 2.10 bits per heavy atom. The SMILES string of the molecule is CCC1(C(=O)O)CCCN1C(=O)Cc1ccccc1Cl. The molecule has 1 N–H and O–H groups in total. The summed E-state index contributed by atoms with van der Waals surface area (Å²) in [6.45, 7) is 2.32. The van der Waals surface area contributed by atoms with Gasteiger partial charge in [-0.1, -0.05) is 36.7 Å². The summed E-state index contributed by atoms with van der Waals surface area (Å²) in [5.74, 6) is -1.08. The average molecular weight is 296 g/mol. The van der Waals surface area contributed by atoms with Crippen molar-refractivity contribution in [3.05, 3.63) is 34.9 Å². The third-order valence-corrected chi connectivity index (χ3v) is 4.44. The van der Waals surface area contributed by atoms with E-state index in [-0.39, 0.29) is 12.3 Å². The fraction of sp³-hybridized carbons (Fsp3) is 0.467. The molecular formula is C15H18ClNO3. The van der Waals surface area contributed by atoms with Crippen LogP contribution in [0.1, 0.15) is 31.7 Å². The minimum absolute atomic E-state index is 0.148. The number of likely N-dealkylation sites (tertiary alicyclic amines) is 1. The summed E-state index contributed by atoms with van der Waals surface area (Å²) in [5, 5.41) is 10.0. The first-order valence-electron chi connectivity index (χ1n) is 6.78. The Morgan fingerprint density at radius 3 is 2.70 bits per heavy atom. The van der Waals surface area contributed by atoms with E-state index in [2.05, 4.69) is 0 Å². The number of nitrogens with zero attached hydrogens (tertiary/aromatic N) is 1. The van der Waals surface area contributed by atoms with Crippen LogP contribution in [-0.4, -0.2) is 34.0 Å². The van der Waals surface area contributed by atoms with Crippen LogP contribution in [0.25, 0.3) is 0 Å². The summed E-state index contributed by atoms with van der Waals surface area (Å²) in [6, 6.07) is 7.16. The van der Waals surface area contributed by atoms with Gasteiger partial charge in [0.15, 0.2) is 0 Å². The van der Waals surface area contributed by atoms with Gasteiger partial charge in [-0.15, -0.1) is 0 Å². The van der Waals surface area contributed by atoms with E-state index in [1.807, 2.05) is 13.0 Å². The summed E-state index contributed by atoms with van der Waals surface area (Å²) in [5.41, 5.74) is -0.306. The number of carbonyl (C=O) groups excluding carboxylic acids is 1. The molecule has 1 atom stereocenters. The number of amides is 1. The second-order valence-corrected chi connectivity index (χ2v) is 5.51. The van der Waals surface area contributed by atoms with Crippen molar-refractivity contribution in [1.29, 1.82) is 0 Å². The first kappa shape index (κ1) is 14.9. The number of hydrogen-bond donors (Lipinski definition) is 1. The van der Waals surface area contributed by atoms with Crippen LogP contribution in [0.5, 0.6) is 0 Å². The van der Waals surface area contributed by atoms with E-state index in [1.165, 1.54) is 4.90 Å². The zero-order valence-corrected chi connectivity index (χ0v) is 12.2. The Labute approximate surface area is 123 Å². The summed E-state index contributed by atoms with van der Waals surface area (Å²) < 4.78 is 0. The highest BCUT2D eigenvalue weighted by Gasteiger charge is 2.48. The normalized spacial score (nSPS) is 22.0. The van der Waals surface area contributed by atoms with Crippen LogP contribution in [0.4, 0.5) is 0 Å². The van der Waals surface area contributed by atoms with Crippen molar-refractivity contribution in [2.75, 3.05) is 6.54 Å². The molecule has 0 spiro atoms. The van der Waals surface area contributed by atoms with Crippen LogP contribution < -0.4 is 0 Å². The van der Waals surface area contributed by atoms with Gasteiger partial charge in [0.1, 0.15) is 5.54 Å². The predicted octanol–water partition coefficient (Wildman–Crippen LogP) is 2.74. The monoisotopic (exact) mass is 295 g/mol. The molecule has 1 aromatic carbocycles. The first-order valence-corrected chi connectivity index (χ1v) is 7.16. The van der Waals surface area contributed by atoms with Crippen LogP contribution in [-0.2, 0) is 16.0 Å². The molecule has 1 aromatic rings. The molecule has 1 saturated heterocycles. The zero-order chi connectivity index (χ0) is 14.8. The van der Waals surface area contributed by atoms with E-state index >= 15 is 0 Å². The molecule has 2 rings (SSSR count). The number of carbonyl (C=O) groups is 2. The fourth-order valence-electron chi connectivity index (χ4n) is 2.88. The van der Waals surface area contributed by atoms with Gasteiger partial charge in [-0.2, -0.15) is 0 Å². The number of halogens is 1. The summed E-state index contributed by atoms with van der Waals surface area (Å²) in [6.07, 6.45) is 1.83. The van der Waals surface area contributed by atoms with Crippen LogP contribution in [0.15, 0.2) is 24.3 Å². The van der Waals surface area contributed by atoms with Gasteiger partial charge >= 0.3 is 5.97 Å². The standard InChI is InChI=1S/C15H18ClNO3/c1-2-15(14(19)20)8-5-9-17(15)13(18)10-11-6-3-4-7-12(11)16/h3-4,6-7H,2,5,8-10H2,1H3,(H,19,20). The lowest BCUT2D eigenvalue weighted by Gasteiger charge is -2.34. The number of carboxylic acid groups (broad SMARTS) is 1. The third-order valence-electron chi connectivity index (χ3n) is 4.07.